The van der Waals surface area contributed by atoms with Gasteiger partial charge >= 0.3 is 10.0 Å². The Kier molecular flexibility index (Phi) is 9.26. The molecular weight excluding hydrogens is 172 g/mol. The third-order valence-corrected chi connectivity index (χ3v) is 2.54. The van der Waals surface area contributed by atoms with Crippen LogP contribution in [0.4, 0.5) is 0 Å². The van der Waals surface area contributed by atoms with Crippen LogP contribution in [0, 0.1) is 0 Å². The Morgan fingerprint density at radius 2 is 2.08 bits per heavy atom. The van der Waals surface area contributed by atoms with Crippen molar-refractivity contribution >= 4 is 10.0 Å². The maximum absolute atomic E-state index is 5.38. The van der Waals surface area contributed by atoms with Gasteiger partial charge in [0.15, 0.2) is 0 Å². The predicted molar refractivity (Wildman–Crippen MR) is 51.6 cm³/mol. The van der Waals surface area contributed by atoms with Gasteiger partial charge in [0, 0.05) is 13.7 Å². The highest BCUT2D eigenvalue weighted by molar-refractivity contribution is 6.17. The molecule has 1 unspecified atom stereocenters. The van der Waals surface area contributed by atoms with Gasteiger partial charge in [0.25, 0.3) is 0 Å². The standard InChI is InChI=1S/C8H20O3Si/c1-4-6-7-10-12-11-8(5-2)9-3/h8H,4-7,12H2,1-3H3. The summed E-state index contributed by atoms with van der Waals surface area (Å²) in [4.78, 5) is 0. The van der Waals surface area contributed by atoms with E-state index in [1.54, 1.807) is 7.11 Å². The molecule has 0 fully saturated rings. The maximum atomic E-state index is 5.38. The first-order valence-electron chi connectivity index (χ1n) is 4.57. The highest BCUT2D eigenvalue weighted by atomic mass is 28.3. The summed E-state index contributed by atoms with van der Waals surface area (Å²) in [5.74, 6) is 0. The molecule has 0 saturated carbocycles. The lowest BCUT2D eigenvalue weighted by Crippen LogP contribution is -2.18. The van der Waals surface area contributed by atoms with E-state index in [2.05, 4.69) is 6.92 Å². The highest BCUT2D eigenvalue weighted by Crippen LogP contribution is 1.97. The average molecular weight is 192 g/mol. The van der Waals surface area contributed by atoms with Crippen molar-refractivity contribution < 1.29 is 13.6 Å². The first kappa shape index (κ1) is 12.1. The van der Waals surface area contributed by atoms with E-state index in [1.807, 2.05) is 6.92 Å². The Hall–Kier alpha value is 0.0969. The van der Waals surface area contributed by atoms with Crippen LogP contribution in [0.3, 0.4) is 0 Å². The third-order valence-electron chi connectivity index (χ3n) is 1.58. The monoisotopic (exact) mass is 192 g/mol. The molecule has 0 amide bonds. The quantitative estimate of drug-likeness (QED) is 0.328. The zero-order chi connectivity index (χ0) is 9.23. The fourth-order valence-electron chi connectivity index (χ4n) is 0.782. The molecule has 3 nitrogen and oxygen atoms in total. The molecule has 0 radical (unpaired) electrons. The molecular formula is C8H20O3Si. The number of methoxy groups -OCH3 is 1. The van der Waals surface area contributed by atoms with Gasteiger partial charge in [0.2, 0.25) is 0 Å². The highest BCUT2D eigenvalue weighted by Gasteiger charge is 2.02. The van der Waals surface area contributed by atoms with Crippen LogP contribution in [0.25, 0.3) is 0 Å². The molecule has 0 aliphatic heterocycles. The molecule has 0 aliphatic rings. The van der Waals surface area contributed by atoms with E-state index in [4.69, 9.17) is 13.6 Å². The van der Waals surface area contributed by atoms with Gasteiger partial charge in [-0.2, -0.15) is 0 Å². The van der Waals surface area contributed by atoms with Crippen molar-refractivity contribution in [3.8, 4) is 0 Å². The number of ether oxygens (including phenoxy) is 1. The molecule has 0 aromatic rings. The summed E-state index contributed by atoms with van der Waals surface area (Å²) < 4.78 is 15.8. The summed E-state index contributed by atoms with van der Waals surface area (Å²) in [6.07, 6.45) is 3.13. The number of rotatable bonds is 8. The van der Waals surface area contributed by atoms with Gasteiger partial charge in [-0.1, -0.05) is 20.3 Å². The van der Waals surface area contributed by atoms with Crippen LogP contribution in [-0.4, -0.2) is 30.0 Å². The summed E-state index contributed by atoms with van der Waals surface area (Å²) in [6, 6.07) is 0. The second-order valence-corrected chi connectivity index (χ2v) is 3.60. The van der Waals surface area contributed by atoms with Gasteiger partial charge in [-0.15, -0.1) is 0 Å². The molecule has 0 saturated heterocycles. The summed E-state index contributed by atoms with van der Waals surface area (Å²) >= 11 is 0. The second-order valence-electron chi connectivity index (χ2n) is 2.62. The number of unbranched alkanes of at least 4 members (excludes halogenated alkanes) is 1. The first-order valence-corrected chi connectivity index (χ1v) is 5.72. The van der Waals surface area contributed by atoms with Crippen LogP contribution in [0.1, 0.15) is 33.1 Å². The molecule has 0 heterocycles. The molecule has 0 bridgehead atoms. The third kappa shape index (κ3) is 6.79. The molecule has 0 spiro atoms. The van der Waals surface area contributed by atoms with Crippen LogP contribution >= 0.6 is 0 Å². The minimum Gasteiger partial charge on any atom is -0.399 e. The molecule has 0 aromatic carbocycles. The van der Waals surface area contributed by atoms with Crippen molar-refractivity contribution in [3.63, 3.8) is 0 Å². The van der Waals surface area contributed by atoms with Crippen molar-refractivity contribution in [2.24, 2.45) is 0 Å². The SMILES string of the molecule is CCCCO[SiH2]OC(CC)OC. The fraction of sp³-hybridized carbons (Fsp3) is 1.00. The maximum Gasteiger partial charge on any atom is 0.306 e. The van der Waals surface area contributed by atoms with Gasteiger partial charge in [0.1, 0.15) is 6.29 Å². The van der Waals surface area contributed by atoms with Crippen LogP contribution in [0.2, 0.25) is 0 Å². The zero-order valence-electron chi connectivity index (χ0n) is 8.34. The van der Waals surface area contributed by atoms with Crippen LogP contribution in [0.15, 0.2) is 0 Å². The molecule has 74 valence electrons. The molecule has 0 aliphatic carbocycles. The Morgan fingerprint density at radius 3 is 2.58 bits per heavy atom. The lowest BCUT2D eigenvalue weighted by atomic mass is 10.4. The van der Waals surface area contributed by atoms with E-state index in [-0.39, 0.29) is 6.29 Å². The van der Waals surface area contributed by atoms with Crippen molar-refractivity contribution in [2.75, 3.05) is 13.7 Å². The van der Waals surface area contributed by atoms with Gasteiger partial charge < -0.3 is 13.6 Å². The van der Waals surface area contributed by atoms with E-state index in [0.29, 0.717) is 0 Å². The van der Waals surface area contributed by atoms with E-state index in [1.165, 1.54) is 6.42 Å². The average Bonchev–Trinajstić information content (AvgIpc) is 2.11. The van der Waals surface area contributed by atoms with Crippen molar-refractivity contribution in [3.05, 3.63) is 0 Å². The predicted octanol–water partition coefficient (Wildman–Crippen LogP) is 1.20. The first-order chi connectivity index (χ1) is 5.85. The Labute approximate surface area is 77.5 Å². The minimum atomic E-state index is -0.803. The van der Waals surface area contributed by atoms with E-state index >= 15 is 0 Å². The van der Waals surface area contributed by atoms with Crippen molar-refractivity contribution in [1.29, 1.82) is 0 Å². The number of hydrogen-bond donors (Lipinski definition) is 0. The largest absolute Gasteiger partial charge is 0.399 e. The van der Waals surface area contributed by atoms with Crippen LogP contribution in [0.5, 0.6) is 0 Å². The number of hydrogen-bond acceptors (Lipinski definition) is 3. The molecule has 4 heteroatoms. The summed E-state index contributed by atoms with van der Waals surface area (Å²) in [7, 11) is 0.858. The molecule has 12 heavy (non-hydrogen) atoms. The van der Waals surface area contributed by atoms with E-state index < -0.39 is 10.0 Å². The normalized spacial score (nSPS) is 14.2. The van der Waals surface area contributed by atoms with E-state index in [9.17, 15) is 0 Å². The molecule has 0 aromatic heterocycles. The second kappa shape index (κ2) is 9.19. The topological polar surface area (TPSA) is 27.7 Å². The minimum absolute atomic E-state index is 0.0571. The molecule has 0 N–H and O–H groups in total. The molecule has 1 atom stereocenters. The van der Waals surface area contributed by atoms with Crippen LogP contribution < -0.4 is 0 Å². The van der Waals surface area contributed by atoms with Crippen LogP contribution in [-0.2, 0) is 13.6 Å². The van der Waals surface area contributed by atoms with E-state index in [0.717, 1.165) is 19.4 Å². The van der Waals surface area contributed by atoms with Gasteiger partial charge in [-0.25, -0.2) is 0 Å². The smallest absolute Gasteiger partial charge is 0.306 e. The van der Waals surface area contributed by atoms with Gasteiger partial charge in [0.05, 0.1) is 0 Å². The Balaban J connectivity index is 3.06. The lowest BCUT2D eigenvalue weighted by molar-refractivity contribution is -0.0644. The summed E-state index contributed by atoms with van der Waals surface area (Å²) in [6.45, 7) is 5.02. The Bertz CT molecular complexity index is 86.4. The zero-order valence-corrected chi connectivity index (χ0v) is 9.75. The van der Waals surface area contributed by atoms with Gasteiger partial charge in [-0.05, 0) is 12.8 Å². The van der Waals surface area contributed by atoms with Crippen molar-refractivity contribution in [2.45, 2.75) is 39.4 Å². The van der Waals surface area contributed by atoms with Crippen molar-refractivity contribution in [1.82, 2.24) is 0 Å². The molecule has 0 rings (SSSR count). The Morgan fingerprint density at radius 1 is 1.33 bits per heavy atom. The summed E-state index contributed by atoms with van der Waals surface area (Å²) in [5.41, 5.74) is 0. The van der Waals surface area contributed by atoms with Gasteiger partial charge in [-0.3, -0.25) is 0 Å². The lowest BCUT2D eigenvalue weighted by Gasteiger charge is -2.13. The fourth-order valence-corrected chi connectivity index (χ4v) is 1.72. The summed E-state index contributed by atoms with van der Waals surface area (Å²) in [5, 5.41) is 0.